The maximum absolute atomic E-state index is 12.9. The number of nitrogens with one attached hydrogen (secondary N) is 1. The Morgan fingerprint density at radius 2 is 1.80 bits per heavy atom. The van der Waals surface area contributed by atoms with E-state index in [1.54, 1.807) is 12.1 Å². The molecule has 11 heteroatoms. The van der Waals surface area contributed by atoms with Crippen molar-refractivity contribution in [1.82, 2.24) is 9.88 Å². The van der Waals surface area contributed by atoms with E-state index in [0.717, 1.165) is 12.1 Å². The van der Waals surface area contributed by atoms with Gasteiger partial charge in [0.05, 0.1) is 22.2 Å². The van der Waals surface area contributed by atoms with Crippen molar-refractivity contribution in [3.63, 3.8) is 0 Å². The monoisotopic (exact) mass is 457 g/mol. The fourth-order valence-corrected chi connectivity index (χ4v) is 3.42. The number of hydrogen-bond donors (Lipinski definition) is 1. The van der Waals surface area contributed by atoms with Gasteiger partial charge in [-0.3, -0.25) is 9.69 Å². The second kappa shape index (κ2) is 9.08. The lowest BCUT2D eigenvalue weighted by molar-refractivity contribution is -0.137. The van der Waals surface area contributed by atoms with E-state index in [-0.39, 0.29) is 22.9 Å². The summed E-state index contributed by atoms with van der Waals surface area (Å²) in [4.78, 5) is 20.3. The maximum atomic E-state index is 12.9. The molecule has 0 bridgehead atoms. The van der Waals surface area contributed by atoms with Gasteiger partial charge in [-0.15, -0.1) is 0 Å². The first-order valence-electron chi connectivity index (χ1n) is 8.88. The molecular weight excluding hydrogens is 442 g/mol. The number of amides is 1. The van der Waals surface area contributed by atoms with E-state index in [4.69, 9.17) is 28.5 Å². The van der Waals surface area contributed by atoms with Crippen LogP contribution in [0.25, 0.3) is 0 Å². The summed E-state index contributed by atoms with van der Waals surface area (Å²) in [5.41, 5.74) is -0.815. The quantitative estimate of drug-likeness (QED) is 0.749. The Morgan fingerprint density at radius 1 is 1.13 bits per heavy atom. The number of carbonyl (C=O) groups is 1. The Bertz CT molecular complexity index is 985. The SMILES string of the molecule is N#Cc1nc(N2CCN(CC(=O)Nc3ccc(Cl)c(C(F)(F)F)c3)CC2)ccc1Cl. The van der Waals surface area contributed by atoms with Crippen molar-refractivity contribution in [3.05, 3.63) is 51.6 Å². The van der Waals surface area contributed by atoms with Crippen LogP contribution in [0.5, 0.6) is 0 Å². The molecule has 1 N–H and O–H groups in total. The highest BCUT2D eigenvalue weighted by molar-refractivity contribution is 6.31. The highest BCUT2D eigenvalue weighted by Gasteiger charge is 2.33. The Labute approximate surface area is 180 Å². The molecule has 6 nitrogen and oxygen atoms in total. The number of nitrogens with zero attached hydrogens (tertiary/aromatic N) is 4. The number of rotatable bonds is 4. The molecule has 0 unspecified atom stereocenters. The Morgan fingerprint density at radius 3 is 2.43 bits per heavy atom. The molecule has 2 heterocycles. The molecule has 0 saturated carbocycles. The zero-order chi connectivity index (χ0) is 21.9. The van der Waals surface area contributed by atoms with Gasteiger partial charge in [0.1, 0.15) is 11.9 Å². The summed E-state index contributed by atoms with van der Waals surface area (Å²) >= 11 is 11.5. The van der Waals surface area contributed by atoms with Crippen molar-refractivity contribution in [3.8, 4) is 6.07 Å². The van der Waals surface area contributed by atoms with Gasteiger partial charge >= 0.3 is 6.18 Å². The molecule has 2 aromatic rings. The molecule has 0 aliphatic carbocycles. The number of aromatic nitrogens is 1. The third-order valence-corrected chi connectivity index (χ3v) is 5.19. The lowest BCUT2D eigenvalue weighted by Gasteiger charge is -2.35. The zero-order valence-electron chi connectivity index (χ0n) is 15.5. The minimum Gasteiger partial charge on any atom is -0.354 e. The summed E-state index contributed by atoms with van der Waals surface area (Å²) in [6.07, 6.45) is -4.60. The molecule has 0 radical (unpaired) electrons. The summed E-state index contributed by atoms with van der Waals surface area (Å²) in [7, 11) is 0. The van der Waals surface area contributed by atoms with Gasteiger partial charge in [-0.05, 0) is 30.3 Å². The second-order valence-corrected chi connectivity index (χ2v) is 7.43. The number of alkyl halides is 3. The predicted octanol–water partition coefficient (Wildman–Crippen LogP) is 4.04. The van der Waals surface area contributed by atoms with Crippen LogP contribution in [-0.2, 0) is 11.0 Å². The van der Waals surface area contributed by atoms with E-state index in [0.29, 0.717) is 32.0 Å². The molecule has 30 heavy (non-hydrogen) atoms. The molecule has 0 atom stereocenters. The van der Waals surface area contributed by atoms with Crippen LogP contribution in [0.2, 0.25) is 10.0 Å². The van der Waals surface area contributed by atoms with Gasteiger partial charge in [0.25, 0.3) is 0 Å². The van der Waals surface area contributed by atoms with Gasteiger partial charge in [-0.2, -0.15) is 18.4 Å². The van der Waals surface area contributed by atoms with Crippen molar-refractivity contribution < 1.29 is 18.0 Å². The summed E-state index contributed by atoms with van der Waals surface area (Å²) in [5.74, 6) is 0.205. The number of halogens is 5. The van der Waals surface area contributed by atoms with Crippen LogP contribution in [0.1, 0.15) is 11.3 Å². The Balaban J connectivity index is 1.55. The molecule has 1 aromatic heterocycles. The number of piperazine rings is 1. The molecule has 1 aliphatic heterocycles. The van der Waals surface area contributed by atoms with Gasteiger partial charge in [-0.25, -0.2) is 4.98 Å². The average Bonchev–Trinajstić information content (AvgIpc) is 2.69. The smallest absolute Gasteiger partial charge is 0.354 e. The van der Waals surface area contributed by atoms with Gasteiger partial charge in [0, 0.05) is 31.9 Å². The maximum Gasteiger partial charge on any atom is 0.417 e. The van der Waals surface area contributed by atoms with Crippen LogP contribution in [0.15, 0.2) is 30.3 Å². The molecule has 1 aliphatic rings. The number of carbonyl (C=O) groups excluding carboxylic acids is 1. The first-order valence-corrected chi connectivity index (χ1v) is 9.63. The number of benzene rings is 1. The van der Waals surface area contributed by atoms with Crippen molar-refractivity contribution in [2.24, 2.45) is 0 Å². The lowest BCUT2D eigenvalue weighted by atomic mass is 10.2. The van der Waals surface area contributed by atoms with Gasteiger partial charge < -0.3 is 10.2 Å². The molecule has 0 spiro atoms. The number of pyridine rings is 1. The summed E-state index contributed by atoms with van der Waals surface area (Å²) in [5, 5.41) is 11.4. The van der Waals surface area contributed by atoms with E-state index in [1.807, 2.05) is 15.9 Å². The molecule has 1 amide bonds. The van der Waals surface area contributed by atoms with Crippen molar-refractivity contribution in [2.45, 2.75) is 6.18 Å². The van der Waals surface area contributed by atoms with Gasteiger partial charge in [-0.1, -0.05) is 23.2 Å². The Hall–Kier alpha value is -2.54. The predicted molar refractivity (Wildman–Crippen MR) is 108 cm³/mol. The normalized spacial score (nSPS) is 15.0. The Kier molecular flexibility index (Phi) is 6.71. The highest BCUT2D eigenvalue weighted by atomic mass is 35.5. The molecule has 1 aromatic carbocycles. The fourth-order valence-electron chi connectivity index (χ4n) is 3.05. The van der Waals surface area contributed by atoms with Gasteiger partial charge in [0.2, 0.25) is 5.91 Å². The van der Waals surface area contributed by atoms with Crippen LogP contribution >= 0.6 is 23.2 Å². The topological polar surface area (TPSA) is 72.3 Å². The number of hydrogen-bond acceptors (Lipinski definition) is 5. The molecule has 1 fully saturated rings. The minimum atomic E-state index is -4.60. The fraction of sp³-hybridized carbons (Fsp3) is 0.316. The summed E-state index contributed by atoms with van der Waals surface area (Å²) in [6.45, 7) is 2.29. The van der Waals surface area contributed by atoms with Crippen molar-refractivity contribution >= 4 is 40.6 Å². The lowest BCUT2D eigenvalue weighted by Crippen LogP contribution is -2.49. The standard InChI is InChI=1S/C19H16Cl2F3N5O/c20-14-2-1-12(9-13(14)19(22,23)24)26-18(30)11-28-5-7-29(8-6-28)17-4-3-15(21)16(10-25)27-17/h1-4,9H,5-8,11H2,(H,26,30). The van der Waals surface area contributed by atoms with E-state index in [1.165, 1.54) is 6.07 Å². The molecule has 1 saturated heterocycles. The molecular formula is C19H16Cl2F3N5O. The van der Waals surface area contributed by atoms with Crippen molar-refractivity contribution in [2.75, 3.05) is 42.9 Å². The van der Waals surface area contributed by atoms with Crippen LogP contribution in [0, 0.1) is 11.3 Å². The summed E-state index contributed by atoms with van der Waals surface area (Å²) in [6, 6.07) is 8.53. The average molecular weight is 458 g/mol. The van der Waals surface area contributed by atoms with Crippen LogP contribution in [0.4, 0.5) is 24.7 Å². The van der Waals surface area contributed by atoms with Crippen LogP contribution in [-0.4, -0.2) is 48.5 Å². The first kappa shape index (κ1) is 22.2. The van der Waals surface area contributed by atoms with E-state index in [9.17, 15) is 18.0 Å². The minimum absolute atomic E-state index is 0.0322. The van der Waals surface area contributed by atoms with E-state index >= 15 is 0 Å². The van der Waals surface area contributed by atoms with E-state index < -0.39 is 22.7 Å². The van der Waals surface area contributed by atoms with Crippen LogP contribution in [0.3, 0.4) is 0 Å². The number of nitriles is 1. The van der Waals surface area contributed by atoms with Gasteiger partial charge in [0.15, 0.2) is 5.69 Å². The molecule has 3 rings (SSSR count). The first-order chi connectivity index (χ1) is 14.2. The second-order valence-electron chi connectivity index (χ2n) is 6.62. The number of anilines is 2. The van der Waals surface area contributed by atoms with Crippen LogP contribution < -0.4 is 10.2 Å². The largest absolute Gasteiger partial charge is 0.417 e. The third kappa shape index (κ3) is 5.33. The molecule has 158 valence electrons. The van der Waals surface area contributed by atoms with E-state index in [2.05, 4.69) is 10.3 Å². The zero-order valence-corrected chi connectivity index (χ0v) is 17.0. The van der Waals surface area contributed by atoms with Crippen molar-refractivity contribution in [1.29, 1.82) is 5.26 Å². The third-order valence-electron chi connectivity index (χ3n) is 4.56. The summed E-state index contributed by atoms with van der Waals surface area (Å²) < 4.78 is 38.8. The highest BCUT2D eigenvalue weighted by Crippen LogP contribution is 2.36.